The minimum atomic E-state index is -4.08. The molecule has 5 heteroatoms. The highest BCUT2D eigenvalue weighted by molar-refractivity contribution is 4.71. The molecule has 0 aromatic rings. The van der Waals surface area contributed by atoms with Crippen molar-refractivity contribution in [2.45, 2.75) is 25.4 Å². The summed E-state index contributed by atoms with van der Waals surface area (Å²) in [5, 5.41) is 2.45. The average molecular weight is 224 g/mol. The van der Waals surface area contributed by atoms with Crippen LogP contribution >= 0.6 is 0 Å². The first kappa shape index (κ1) is 12.8. The second-order valence-corrected chi connectivity index (χ2v) is 4.33. The SMILES string of the molecule is CN1CCC(CCNCC(F)(F)F)CC1. The lowest BCUT2D eigenvalue weighted by Crippen LogP contribution is -2.33. The number of nitrogens with one attached hydrogen (secondary N) is 1. The molecule has 0 radical (unpaired) electrons. The highest BCUT2D eigenvalue weighted by Gasteiger charge is 2.26. The number of nitrogens with zero attached hydrogens (tertiary/aromatic N) is 1. The summed E-state index contributed by atoms with van der Waals surface area (Å²) in [6.45, 7) is 1.77. The number of rotatable bonds is 4. The van der Waals surface area contributed by atoms with Crippen LogP contribution in [0.1, 0.15) is 19.3 Å². The molecule has 1 aliphatic rings. The van der Waals surface area contributed by atoms with E-state index in [0.29, 0.717) is 12.5 Å². The third kappa shape index (κ3) is 5.99. The Bertz CT molecular complexity index is 174. The van der Waals surface area contributed by atoms with Gasteiger partial charge in [0.15, 0.2) is 0 Å². The molecule has 0 aromatic heterocycles. The Hall–Kier alpha value is -0.290. The van der Waals surface area contributed by atoms with Gasteiger partial charge in [-0.25, -0.2) is 0 Å². The van der Waals surface area contributed by atoms with Gasteiger partial charge in [0, 0.05) is 0 Å². The van der Waals surface area contributed by atoms with Crippen molar-refractivity contribution in [3.8, 4) is 0 Å². The van der Waals surface area contributed by atoms with Gasteiger partial charge in [-0.2, -0.15) is 13.2 Å². The van der Waals surface area contributed by atoms with E-state index >= 15 is 0 Å². The number of alkyl halides is 3. The fraction of sp³-hybridized carbons (Fsp3) is 1.00. The second-order valence-electron chi connectivity index (χ2n) is 4.33. The molecule has 0 spiro atoms. The van der Waals surface area contributed by atoms with Crippen LogP contribution in [0, 0.1) is 5.92 Å². The summed E-state index contributed by atoms with van der Waals surface area (Å²) in [5.74, 6) is 0.599. The Labute approximate surface area is 88.8 Å². The van der Waals surface area contributed by atoms with E-state index in [-0.39, 0.29) is 0 Å². The summed E-state index contributed by atoms with van der Waals surface area (Å²) < 4.78 is 35.4. The van der Waals surface area contributed by atoms with Gasteiger partial charge in [0.25, 0.3) is 0 Å². The Balaban J connectivity index is 2.01. The van der Waals surface area contributed by atoms with Gasteiger partial charge in [0.2, 0.25) is 0 Å². The zero-order valence-corrected chi connectivity index (χ0v) is 9.11. The summed E-state index contributed by atoms with van der Waals surface area (Å²) in [4.78, 5) is 2.26. The summed E-state index contributed by atoms with van der Waals surface area (Å²) >= 11 is 0. The number of halogens is 3. The molecule has 0 aromatic carbocycles. The normalized spacial score (nSPS) is 20.8. The minimum Gasteiger partial charge on any atom is -0.309 e. The lowest BCUT2D eigenvalue weighted by atomic mass is 9.94. The maximum atomic E-state index is 11.8. The van der Waals surface area contributed by atoms with Crippen molar-refractivity contribution in [2.75, 3.05) is 33.2 Å². The predicted molar refractivity (Wildman–Crippen MR) is 53.8 cm³/mol. The van der Waals surface area contributed by atoms with Crippen molar-refractivity contribution >= 4 is 0 Å². The maximum Gasteiger partial charge on any atom is 0.401 e. The third-order valence-electron chi connectivity index (χ3n) is 2.89. The fourth-order valence-corrected chi connectivity index (χ4v) is 1.89. The quantitative estimate of drug-likeness (QED) is 0.733. The largest absolute Gasteiger partial charge is 0.401 e. The Kier molecular flexibility index (Phi) is 4.86. The van der Waals surface area contributed by atoms with Gasteiger partial charge in [-0.3, -0.25) is 0 Å². The molecule has 1 saturated heterocycles. The van der Waals surface area contributed by atoms with Crippen LogP contribution in [-0.2, 0) is 0 Å². The van der Waals surface area contributed by atoms with E-state index in [9.17, 15) is 13.2 Å². The molecule has 0 bridgehead atoms. The fourth-order valence-electron chi connectivity index (χ4n) is 1.89. The molecule has 1 aliphatic heterocycles. The first-order valence-corrected chi connectivity index (χ1v) is 5.43. The average Bonchev–Trinajstić information content (AvgIpc) is 2.14. The monoisotopic (exact) mass is 224 g/mol. The van der Waals surface area contributed by atoms with E-state index < -0.39 is 12.7 Å². The van der Waals surface area contributed by atoms with Crippen LogP contribution in [0.5, 0.6) is 0 Å². The predicted octanol–water partition coefficient (Wildman–Crippen LogP) is 1.87. The molecule has 15 heavy (non-hydrogen) atoms. The molecule has 1 heterocycles. The van der Waals surface area contributed by atoms with Crippen molar-refractivity contribution in [1.82, 2.24) is 10.2 Å². The summed E-state index contributed by atoms with van der Waals surface area (Å²) in [7, 11) is 2.08. The van der Waals surface area contributed by atoms with Crippen molar-refractivity contribution in [3.63, 3.8) is 0 Å². The molecular formula is C10H19F3N2. The summed E-state index contributed by atoms with van der Waals surface area (Å²) in [5.41, 5.74) is 0. The smallest absolute Gasteiger partial charge is 0.309 e. The molecular weight excluding hydrogens is 205 g/mol. The summed E-state index contributed by atoms with van der Waals surface area (Å²) in [6, 6.07) is 0. The Morgan fingerprint density at radius 1 is 1.27 bits per heavy atom. The van der Waals surface area contributed by atoms with Gasteiger partial charge in [-0.1, -0.05) is 0 Å². The summed E-state index contributed by atoms with van der Waals surface area (Å²) in [6.07, 6.45) is -0.981. The van der Waals surface area contributed by atoms with Crippen LogP contribution < -0.4 is 5.32 Å². The lowest BCUT2D eigenvalue weighted by molar-refractivity contribution is -0.124. The zero-order valence-electron chi connectivity index (χ0n) is 9.11. The van der Waals surface area contributed by atoms with Gasteiger partial charge in [-0.05, 0) is 51.9 Å². The van der Waals surface area contributed by atoms with Crippen LogP contribution in [0.3, 0.4) is 0 Å². The highest BCUT2D eigenvalue weighted by Crippen LogP contribution is 2.19. The molecule has 1 N–H and O–H groups in total. The Morgan fingerprint density at radius 3 is 2.40 bits per heavy atom. The maximum absolute atomic E-state index is 11.8. The van der Waals surface area contributed by atoms with Crippen LogP contribution in [0.15, 0.2) is 0 Å². The van der Waals surface area contributed by atoms with E-state index in [1.165, 1.54) is 0 Å². The minimum absolute atomic E-state index is 0.480. The van der Waals surface area contributed by atoms with Gasteiger partial charge in [-0.15, -0.1) is 0 Å². The molecule has 0 saturated carbocycles. The molecule has 0 atom stereocenters. The topological polar surface area (TPSA) is 15.3 Å². The third-order valence-corrected chi connectivity index (χ3v) is 2.89. The number of hydrogen-bond acceptors (Lipinski definition) is 2. The van der Waals surface area contributed by atoms with Crippen molar-refractivity contribution in [2.24, 2.45) is 5.92 Å². The van der Waals surface area contributed by atoms with Gasteiger partial charge >= 0.3 is 6.18 Å². The van der Waals surface area contributed by atoms with E-state index in [1.807, 2.05) is 0 Å². The highest BCUT2D eigenvalue weighted by atomic mass is 19.4. The van der Waals surface area contributed by atoms with Crippen LogP contribution in [0.25, 0.3) is 0 Å². The van der Waals surface area contributed by atoms with Crippen LogP contribution in [0.2, 0.25) is 0 Å². The molecule has 90 valence electrons. The molecule has 1 fully saturated rings. The molecule has 1 rings (SSSR count). The van der Waals surface area contributed by atoms with Crippen molar-refractivity contribution in [3.05, 3.63) is 0 Å². The van der Waals surface area contributed by atoms with Crippen molar-refractivity contribution < 1.29 is 13.2 Å². The second kappa shape index (κ2) is 5.70. The Morgan fingerprint density at radius 2 is 1.87 bits per heavy atom. The van der Waals surface area contributed by atoms with Gasteiger partial charge < -0.3 is 10.2 Å². The molecule has 2 nitrogen and oxygen atoms in total. The molecule has 0 aliphatic carbocycles. The van der Waals surface area contributed by atoms with E-state index in [2.05, 4.69) is 17.3 Å². The van der Waals surface area contributed by atoms with Crippen LogP contribution in [-0.4, -0.2) is 44.3 Å². The van der Waals surface area contributed by atoms with Crippen LogP contribution in [0.4, 0.5) is 13.2 Å². The van der Waals surface area contributed by atoms with E-state index in [4.69, 9.17) is 0 Å². The van der Waals surface area contributed by atoms with Gasteiger partial charge in [0.05, 0.1) is 6.54 Å². The van der Waals surface area contributed by atoms with E-state index in [1.54, 1.807) is 0 Å². The lowest BCUT2D eigenvalue weighted by Gasteiger charge is -2.28. The number of piperidine rings is 1. The zero-order chi connectivity index (χ0) is 11.3. The molecule has 0 amide bonds. The van der Waals surface area contributed by atoms with Crippen molar-refractivity contribution in [1.29, 1.82) is 0 Å². The standard InChI is InChI=1S/C10H19F3N2/c1-15-6-3-9(4-7-15)2-5-14-8-10(11,12)13/h9,14H,2-8H2,1H3. The number of hydrogen-bond donors (Lipinski definition) is 1. The number of likely N-dealkylation sites (tertiary alicyclic amines) is 1. The molecule has 0 unspecified atom stereocenters. The first-order chi connectivity index (χ1) is 6.97. The van der Waals surface area contributed by atoms with E-state index in [0.717, 1.165) is 32.4 Å². The first-order valence-electron chi connectivity index (χ1n) is 5.43. The van der Waals surface area contributed by atoms with Gasteiger partial charge in [0.1, 0.15) is 0 Å².